The molecule has 0 atom stereocenters. The van der Waals surface area contributed by atoms with Crippen molar-refractivity contribution >= 4 is 63.0 Å². The molecule has 36 heavy (non-hydrogen) atoms. The van der Waals surface area contributed by atoms with Crippen LogP contribution in [0.1, 0.15) is 16.7 Å². The standard InChI is InChI=1S/C25H17Cl2N5O3S/c1-34-21-10-14(4-7-20(21)35-13-16-5-6-17(26)11-19(16)27)9-18-22(28)32-25(30-23(18)33)36-24(31-32)15-3-2-8-29-12-15/h2-12,28H,13H2,1H3/b18-9-,28-22?. The first-order valence-electron chi connectivity index (χ1n) is 10.6. The molecule has 1 amide bonds. The third-order valence-electron chi connectivity index (χ3n) is 5.26. The highest BCUT2D eigenvalue weighted by Gasteiger charge is 2.36. The summed E-state index contributed by atoms with van der Waals surface area (Å²) in [6.07, 6.45) is 4.91. The van der Waals surface area contributed by atoms with Crippen molar-refractivity contribution in [3.63, 3.8) is 0 Å². The zero-order valence-corrected chi connectivity index (χ0v) is 21.1. The van der Waals surface area contributed by atoms with E-state index < -0.39 is 5.91 Å². The smallest absolute Gasteiger partial charge is 0.283 e. The van der Waals surface area contributed by atoms with Crippen LogP contribution >= 0.6 is 35.0 Å². The van der Waals surface area contributed by atoms with Gasteiger partial charge in [0.25, 0.3) is 5.91 Å². The number of aliphatic imine (C=N–C) groups is 1. The fraction of sp³-hybridized carbons (Fsp3) is 0.0800. The number of hydrazone groups is 1. The maximum atomic E-state index is 12.8. The highest BCUT2D eigenvalue weighted by atomic mass is 35.5. The number of amides is 1. The molecule has 0 radical (unpaired) electrons. The second kappa shape index (κ2) is 10.1. The Hall–Kier alpha value is -3.66. The van der Waals surface area contributed by atoms with Crippen molar-refractivity contribution in [1.82, 2.24) is 9.99 Å². The van der Waals surface area contributed by atoms with Gasteiger partial charge in [-0.05, 0) is 59.8 Å². The molecule has 3 aromatic rings. The lowest BCUT2D eigenvalue weighted by Gasteiger charge is -2.20. The van der Waals surface area contributed by atoms with E-state index in [1.807, 2.05) is 6.07 Å². The van der Waals surface area contributed by atoms with E-state index in [9.17, 15) is 4.79 Å². The third kappa shape index (κ3) is 4.86. The maximum absolute atomic E-state index is 12.8. The Kier molecular flexibility index (Phi) is 6.77. The first-order chi connectivity index (χ1) is 17.4. The minimum absolute atomic E-state index is 0.0620. The van der Waals surface area contributed by atoms with E-state index in [-0.39, 0.29) is 18.0 Å². The summed E-state index contributed by atoms with van der Waals surface area (Å²) in [6, 6.07) is 14.0. The monoisotopic (exact) mass is 537 g/mol. The Bertz CT molecular complexity index is 1470. The molecule has 2 aliphatic heterocycles. The molecule has 5 rings (SSSR count). The largest absolute Gasteiger partial charge is 0.493 e. The summed E-state index contributed by atoms with van der Waals surface area (Å²) in [7, 11) is 1.52. The van der Waals surface area contributed by atoms with Crippen LogP contribution in [0.25, 0.3) is 6.08 Å². The molecular formula is C25H17Cl2N5O3S. The van der Waals surface area contributed by atoms with Crippen molar-refractivity contribution in [3.05, 3.63) is 93.2 Å². The van der Waals surface area contributed by atoms with E-state index in [0.717, 1.165) is 11.1 Å². The van der Waals surface area contributed by atoms with Crippen molar-refractivity contribution < 1.29 is 14.3 Å². The number of carbonyl (C=O) groups excluding carboxylic acids is 1. The number of hydrogen-bond acceptors (Lipinski definition) is 7. The number of hydrogen-bond donors (Lipinski definition) is 1. The van der Waals surface area contributed by atoms with E-state index in [2.05, 4.69) is 15.1 Å². The molecular weight excluding hydrogens is 521 g/mol. The molecule has 2 aliphatic rings. The number of carbonyl (C=O) groups is 1. The molecule has 0 fully saturated rings. The summed E-state index contributed by atoms with van der Waals surface area (Å²) in [6.45, 7) is 0.220. The van der Waals surface area contributed by atoms with Gasteiger partial charge in [0.05, 0.1) is 12.7 Å². The lowest BCUT2D eigenvalue weighted by atomic mass is 10.1. The molecule has 0 spiro atoms. The van der Waals surface area contributed by atoms with Gasteiger partial charge in [0, 0.05) is 33.6 Å². The summed E-state index contributed by atoms with van der Waals surface area (Å²) < 4.78 is 11.4. The highest BCUT2D eigenvalue weighted by molar-refractivity contribution is 8.27. The fourth-order valence-corrected chi connectivity index (χ4v) is 4.80. The van der Waals surface area contributed by atoms with Gasteiger partial charge in [0.2, 0.25) is 5.17 Å². The number of nitrogens with zero attached hydrogens (tertiary/aromatic N) is 4. The quantitative estimate of drug-likeness (QED) is 0.408. The van der Waals surface area contributed by atoms with E-state index >= 15 is 0 Å². The van der Waals surface area contributed by atoms with Crippen LogP contribution in [-0.2, 0) is 11.4 Å². The average molecular weight is 538 g/mol. The molecule has 3 heterocycles. The predicted octanol–water partition coefficient (Wildman–Crippen LogP) is 5.64. The molecule has 0 saturated heterocycles. The van der Waals surface area contributed by atoms with Gasteiger partial charge in [0.1, 0.15) is 11.7 Å². The summed E-state index contributed by atoms with van der Waals surface area (Å²) in [5.41, 5.74) is 2.31. The van der Waals surface area contributed by atoms with Crippen LogP contribution in [-0.4, -0.2) is 39.1 Å². The number of ether oxygens (including phenoxy) is 2. The van der Waals surface area contributed by atoms with E-state index in [0.29, 0.717) is 37.3 Å². The maximum Gasteiger partial charge on any atom is 0.283 e. The highest BCUT2D eigenvalue weighted by Crippen LogP contribution is 2.33. The normalized spacial score (nSPS) is 16.1. The number of nitrogens with one attached hydrogen (secondary N) is 1. The first-order valence-corrected chi connectivity index (χ1v) is 12.2. The molecule has 11 heteroatoms. The van der Waals surface area contributed by atoms with Gasteiger partial charge in [-0.3, -0.25) is 15.2 Å². The minimum atomic E-state index is -0.516. The van der Waals surface area contributed by atoms with Gasteiger partial charge in [-0.1, -0.05) is 35.3 Å². The van der Waals surface area contributed by atoms with Gasteiger partial charge in [-0.15, -0.1) is 0 Å². The summed E-state index contributed by atoms with van der Waals surface area (Å²) >= 11 is 13.4. The molecule has 0 unspecified atom stereocenters. The Balaban J connectivity index is 1.37. The van der Waals surface area contributed by atoms with Crippen LogP contribution in [0.2, 0.25) is 10.0 Å². The van der Waals surface area contributed by atoms with Crippen LogP contribution in [0.15, 0.2) is 76.6 Å². The topological polar surface area (TPSA) is 100 Å². The Labute approximate surface area is 220 Å². The fourth-order valence-electron chi connectivity index (χ4n) is 3.45. The van der Waals surface area contributed by atoms with E-state index in [4.69, 9.17) is 38.1 Å². The summed E-state index contributed by atoms with van der Waals surface area (Å²) in [5, 5.41) is 16.4. The molecule has 180 valence electrons. The Morgan fingerprint density at radius 1 is 1.14 bits per heavy atom. The third-order valence-corrected chi connectivity index (χ3v) is 6.80. The zero-order valence-electron chi connectivity index (χ0n) is 18.7. The SMILES string of the molecule is COc1cc(/C=C2/C(=N)N3N=C(c4cccnc4)SC3=NC2=O)ccc1OCc1ccc(Cl)cc1Cl. The molecule has 0 saturated carbocycles. The van der Waals surface area contributed by atoms with Gasteiger partial charge in [0.15, 0.2) is 17.3 Å². The van der Waals surface area contributed by atoms with Gasteiger partial charge >= 0.3 is 0 Å². The number of amidine groups is 2. The van der Waals surface area contributed by atoms with Crippen molar-refractivity contribution in [3.8, 4) is 11.5 Å². The number of aromatic nitrogens is 1. The van der Waals surface area contributed by atoms with E-state index in [1.54, 1.807) is 60.9 Å². The summed E-state index contributed by atoms with van der Waals surface area (Å²) in [5.74, 6) is 0.380. The molecule has 1 aromatic heterocycles. The van der Waals surface area contributed by atoms with Gasteiger partial charge in [-0.2, -0.15) is 15.1 Å². The molecule has 0 bridgehead atoms. The lowest BCUT2D eigenvalue weighted by Crippen LogP contribution is -2.35. The number of fused-ring (bicyclic) bond motifs is 1. The minimum Gasteiger partial charge on any atom is -0.493 e. The second-order valence-corrected chi connectivity index (χ2v) is 9.40. The van der Waals surface area contributed by atoms with Crippen molar-refractivity contribution in [2.45, 2.75) is 6.61 Å². The molecule has 8 nitrogen and oxygen atoms in total. The van der Waals surface area contributed by atoms with Gasteiger partial charge in [-0.25, -0.2) is 0 Å². The van der Waals surface area contributed by atoms with E-state index in [1.165, 1.54) is 23.9 Å². The van der Waals surface area contributed by atoms with Gasteiger partial charge < -0.3 is 9.47 Å². The number of thioether (sulfide) groups is 1. The van der Waals surface area contributed by atoms with Crippen LogP contribution in [0.4, 0.5) is 0 Å². The average Bonchev–Trinajstić information content (AvgIpc) is 3.31. The number of methoxy groups -OCH3 is 1. The molecule has 1 N–H and O–H groups in total. The van der Waals surface area contributed by atoms with Crippen LogP contribution < -0.4 is 9.47 Å². The number of benzene rings is 2. The zero-order chi connectivity index (χ0) is 25.2. The molecule has 2 aromatic carbocycles. The second-order valence-electron chi connectivity index (χ2n) is 7.60. The lowest BCUT2D eigenvalue weighted by molar-refractivity contribution is -0.114. The first kappa shape index (κ1) is 24.1. The number of halogens is 2. The Morgan fingerprint density at radius 3 is 2.75 bits per heavy atom. The molecule has 0 aliphatic carbocycles. The van der Waals surface area contributed by atoms with Crippen molar-refractivity contribution in [1.29, 1.82) is 5.41 Å². The van der Waals surface area contributed by atoms with Crippen molar-refractivity contribution in [2.75, 3.05) is 7.11 Å². The number of pyridine rings is 1. The van der Waals surface area contributed by atoms with Crippen molar-refractivity contribution in [2.24, 2.45) is 10.1 Å². The Morgan fingerprint density at radius 2 is 2.00 bits per heavy atom. The van der Waals surface area contributed by atoms with Crippen LogP contribution in [0, 0.1) is 5.41 Å². The predicted molar refractivity (Wildman–Crippen MR) is 142 cm³/mol. The number of rotatable bonds is 6. The summed E-state index contributed by atoms with van der Waals surface area (Å²) in [4.78, 5) is 21.0. The van der Waals surface area contributed by atoms with Crippen LogP contribution in [0.3, 0.4) is 0 Å². The van der Waals surface area contributed by atoms with Crippen LogP contribution in [0.5, 0.6) is 11.5 Å².